The van der Waals surface area contributed by atoms with E-state index in [4.69, 9.17) is 40.0 Å². The van der Waals surface area contributed by atoms with Gasteiger partial charge in [-0.05, 0) is 191 Å². The van der Waals surface area contributed by atoms with Crippen molar-refractivity contribution >= 4 is 122 Å². The van der Waals surface area contributed by atoms with E-state index in [9.17, 15) is 89.1 Å². The van der Waals surface area contributed by atoms with Crippen LogP contribution in [0.1, 0.15) is 250 Å². The van der Waals surface area contributed by atoms with Crippen LogP contribution < -0.4 is 27.4 Å². The molecular formula is C91H131N17O24S2. The summed E-state index contributed by atoms with van der Waals surface area (Å²) in [5.41, 5.74) is 12.6. The second kappa shape index (κ2) is 42.1. The minimum absolute atomic E-state index is 0.0479. The number of benzene rings is 2. The molecule has 9 N–H and O–H groups in total. The Balaban J connectivity index is 0.000000186. The van der Waals surface area contributed by atoms with Gasteiger partial charge in [0.15, 0.2) is 12.6 Å². The van der Waals surface area contributed by atoms with Crippen LogP contribution >= 0.6 is 0 Å². The van der Waals surface area contributed by atoms with E-state index >= 15 is 0 Å². The van der Waals surface area contributed by atoms with Crippen LogP contribution in [-0.4, -0.2) is 304 Å². The van der Waals surface area contributed by atoms with Crippen molar-refractivity contribution in [1.29, 1.82) is 5.41 Å². The highest BCUT2D eigenvalue weighted by molar-refractivity contribution is 7.89. The second-order valence-corrected chi connectivity index (χ2v) is 44.4. The maximum Gasteiger partial charge on any atom is 0.410 e. The zero-order valence-electron chi connectivity index (χ0n) is 79.7. The molecule has 2 atom stereocenters. The number of aldehydes is 2. The Hall–Kier alpha value is -11.6. The number of likely N-dealkylation sites (tertiary alicyclic amines) is 4. The molecule has 10 fully saturated rings. The quantitative estimate of drug-likeness (QED) is 0.0113. The first-order valence-electron chi connectivity index (χ1n) is 44.6. The average Bonchev–Trinajstić information content (AvgIpc) is 1.31. The minimum Gasteiger partial charge on any atom is -0.444 e. The lowest BCUT2D eigenvalue weighted by Gasteiger charge is -2.58. The number of amides is 12. The van der Waals surface area contributed by atoms with E-state index < -0.39 is 102 Å². The third kappa shape index (κ3) is 27.8. The molecule has 134 heavy (non-hydrogen) atoms. The van der Waals surface area contributed by atoms with Gasteiger partial charge in [-0.25, -0.2) is 27.6 Å². The van der Waals surface area contributed by atoms with Gasteiger partial charge in [0.1, 0.15) is 44.3 Å². The molecule has 43 heteroatoms. The van der Waals surface area contributed by atoms with Crippen molar-refractivity contribution < 1.29 is 112 Å². The lowest BCUT2D eigenvalue weighted by Crippen LogP contribution is -2.65. The number of nitrogen functional groups attached to an aromatic ring is 1. The maximum atomic E-state index is 13.3. The van der Waals surface area contributed by atoms with E-state index in [1.165, 1.54) is 31.8 Å². The lowest BCUT2D eigenvalue weighted by atomic mass is 9.61. The number of aliphatic hydroxyl groups excluding tert-OH is 1. The number of allylic oxidation sites excluding steroid dienone is 1. The molecule has 41 nitrogen and oxygen atoms in total. The summed E-state index contributed by atoms with van der Waals surface area (Å²) in [5, 5.41) is 32.0. The Bertz CT molecular complexity index is 5310. The van der Waals surface area contributed by atoms with E-state index in [2.05, 4.69) is 51.8 Å². The topological polar surface area (TPSA) is 544 Å². The van der Waals surface area contributed by atoms with Gasteiger partial charge >= 0.3 is 24.4 Å². The van der Waals surface area contributed by atoms with E-state index in [0.717, 1.165) is 118 Å². The van der Waals surface area contributed by atoms with E-state index in [1.807, 2.05) is 98.6 Å². The van der Waals surface area contributed by atoms with Crippen LogP contribution in [0.3, 0.4) is 0 Å². The van der Waals surface area contributed by atoms with Crippen LogP contribution in [0.2, 0.25) is 0 Å². The van der Waals surface area contributed by atoms with Crippen molar-refractivity contribution in [3.05, 3.63) is 106 Å². The molecule has 736 valence electrons. The number of carbonyl (C=O) groups is 14. The van der Waals surface area contributed by atoms with Crippen LogP contribution in [0.5, 0.6) is 0 Å². The molecule has 10 heterocycles. The third-order valence-electron chi connectivity index (χ3n) is 23.9. The van der Waals surface area contributed by atoms with Gasteiger partial charge in [0.2, 0.25) is 23.6 Å². The normalized spacial score (nSPS) is 20.7. The number of rotatable bonds is 15. The number of piperidine rings is 2. The molecule has 0 bridgehead atoms. The summed E-state index contributed by atoms with van der Waals surface area (Å²) in [5.74, 6) is -4.29. The van der Waals surface area contributed by atoms with Crippen molar-refractivity contribution in [2.45, 2.75) is 246 Å². The molecule has 6 saturated heterocycles. The first kappa shape index (κ1) is 106. The fourth-order valence-electron chi connectivity index (χ4n) is 17.8. The number of aromatic nitrogens is 4. The highest BCUT2D eigenvalue weighted by Crippen LogP contribution is 2.56. The molecule has 4 spiro atoms. The van der Waals surface area contributed by atoms with Gasteiger partial charge in [-0.1, -0.05) is 32.9 Å². The highest BCUT2D eigenvalue weighted by Gasteiger charge is 2.59. The van der Waals surface area contributed by atoms with Crippen molar-refractivity contribution in [2.75, 3.05) is 102 Å². The van der Waals surface area contributed by atoms with E-state index in [1.54, 1.807) is 62.5 Å². The minimum atomic E-state index is -3.38. The number of hydrogen-bond donors (Lipinski definition) is 7. The largest absolute Gasteiger partial charge is 0.444 e. The molecule has 8 aliphatic heterocycles. The monoisotopic (exact) mass is 1910 g/mol. The Kier molecular flexibility index (Phi) is 33.4. The number of anilines is 2. The zero-order chi connectivity index (χ0) is 99.7. The molecule has 2 aromatic carbocycles. The number of nitrogens with one attached hydrogen (secondary N) is 4. The summed E-state index contributed by atoms with van der Waals surface area (Å²) < 4.78 is 71.3. The number of sulfone groups is 1. The van der Waals surface area contributed by atoms with Crippen molar-refractivity contribution in [3.8, 4) is 0 Å². The molecule has 12 amide bonds. The number of fused-ring (bicyclic) bond motifs is 2. The third-order valence-corrected chi connectivity index (χ3v) is 24.5. The van der Waals surface area contributed by atoms with Gasteiger partial charge in [-0.2, -0.15) is 18.6 Å². The summed E-state index contributed by atoms with van der Waals surface area (Å²) in [7, 11) is -6.04. The molecule has 4 saturated carbocycles. The zero-order valence-corrected chi connectivity index (χ0v) is 81.4. The number of imide groups is 4. The van der Waals surface area contributed by atoms with Crippen molar-refractivity contribution in [1.82, 2.24) is 64.5 Å². The van der Waals surface area contributed by atoms with Gasteiger partial charge in [0.05, 0.1) is 70.8 Å². The Morgan fingerprint density at radius 1 is 0.552 bits per heavy atom. The Morgan fingerprint density at radius 3 is 1.24 bits per heavy atom. The van der Waals surface area contributed by atoms with Crippen LogP contribution in [-0.2, 0) is 73.6 Å². The van der Waals surface area contributed by atoms with Gasteiger partial charge in [0.25, 0.3) is 33.7 Å². The molecule has 12 aliphatic rings. The Morgan fingerprint density at radius 2 is 0.918 bits per heavy atom. The first-order chi connectivity index (χ1) is 62.2. The second-order valence-electron chi connectivity index (χ2n) is 40.5. The molecule has 2 unspecified atom stereocenters. The summed E-state index contributed by atoms with van der Waals surface area (Å²) in [4.78, 5) is 177. The van der Waals surface area contributed by atoms with Crippen molar-refractivity contribution in [3.63, 3.8) is 0 Å². The SMILES string of the molecule is CC(C)(C)OC(=O)N1CC2(CC(O)C2)C1.CC(C)(C)OC(=O)N1CC2(CC(OS(C)(=O)=O)C2)C1.CC(C)(C)OC(=O)N1CC2(CC(n3cc(C=O)cn3)C2)C1.CC(C)(C)OC(=O)N1CC2(CC(n3cc(CNc4cccc5c4C(=O)N(C4CCC(=O)NC4=O)C5=O)cn3)C2)C1.CCN(CC)CC.CS(C)(=O)=O.N=C/C(C=O)=C\N.Nc1cccc2c1C(=O)N(C1CCC(=O)NC1=O)C2=O. The predicted octanol–water partition coefficient (Wildman–Crippen LogP) is 7.83. The van der Waals surface area contributed by atoms with Crippen LogP contribution in [0, 0.1) is 27.1 Å². The van der Waals surface area contributed by atoms with Crippen LogP contribution in [0.4, 0.5) is 30.6 Å². The molecule has 16 rings (SSSR count). The fraction of sp³-hybridized carbons (Fsp3) is 0.615. The highest BCUT2D eigenvalue weighted by atomic mass is 32.2. The van der Waals surface area contributed by atoms with Gasteiger partial charge in [0, 0.05) is 153 Å². The van der Waals surface area contributed by atoms with Crippen LogP contribution in [0.15, 0.2) is 73.0 Å². The van der Waals surface area contributed by atoms with Gasteiger partial charge in [-0.15, -0.1) is 0 Å². The standard InChI is InChI=1S/C28H32N6O6.C15H21N3O3.C13H11N3O4.C12H21NO5S.C11H19NO3.C6H15N.C4H6N2O.C2H6O2S/c1-27(2,3)40-26(39)32-14-28(15-32)9-17(10-28)33-13-16(12-30-33)11-29-19-6-4-5-18-22(19)25(38)34(24(18)37)20-7-8-21(35)31-23(20)36;1-14(2,3)21-13(20)17-9-15(10-17)4-12(5-15)18-7-11(8-19)6-16-18;14-7-3-1-2-6-10(7)13(20)16(12(6)19)8-4-5-9(17)15-11(8)18;1-11(2,3)17-10(14)13-7-12(8-13)5-9(6-12)18-19(4,15)16;1-10(2,3)15-9(14)12-6-11(7-12)4-8(13)5-11;1-4-7(5-2)6-3;5-1-4(2-6)3-7;1-5(2,3)4/h4-6,12-13,17,20,29H,7-11,14-15H2,1-3H3,(H,31,35,36);6-8,12H,4-5,9-10H2,1-3H3;1-3,8H,4-5,14H2,(H,15,17,18);9H,5-8H2,1-4H3;8,13H,4-7H2,1-3H3;4-6H2,1-3H3;1-3,5H,6H2;1-2H3/b;;;;;;4-2+,5-1?;. The number of hydrogen-bond acceptors (Lipinski definition) is 31. The molecular weight excluding hydrogens is 1780 g/mol. The predicted molar refractivity (Wildman–Crippen MR) is 491 cm³/mol. The number of aliphatic hydroxyl groups is 1. The number of nitrogens with two attached hydrogens (primary N) is 2. The average molecular weight is 1910 g/mol. The van der Waals surface area contributed by atoms with E-state index in [0.29, 0.717) is 69.1 Å². The van der Waals surface area contributed by atoms with Crippen molar-refractivity contribution in [2.24, 2.45) is 27.4 Å². The summed E-state index contributed by atoms with van der Waals surface area (Å²) in [6, 6.07) is 8.23. The first-order valence-corrected chi connectivity index (χ1v) is 48.8. The fourth-order valence-corrected chi connectivity index (χ4v) is 18.4. The number of carbonyl (C=O) groups excluding carboxylic acids is 14. The summed E-state index contributed by atoms with van der Waals surface area (Å²) in [6.45, 7) is 38.5. The summed E-state index contributed by atoms with van der Waals surface area (Å²) in [6.07, 6.45) is 19.8. The summed E-state index contributed by atoms with van der Waals surface area (Å²) >= 11 is 0. The number of ether oxygens (including phenoxy) is 4. The molecule has 2 aromatic heterocycles. The smallest absolute Gasteiger partial charge is 0.410 e. The van der Waals surface area contributed by atoms with Gasteiger partial charge < -0.3 is 70.7 Å². The Labute approximate surface area is 781 Å². The lowest BCUT2D eigenvalue weighted by molar-refractivity contribution is -0.137. The van der Waals surface area contributed by atoms with Gasteiger partial charge in [-0.3, -0.25) is 81.9 Å². The molecule has 0 radical (unpaired) electrons. The molecule has 4 aliphatic carbocycles. The number of nitrogens with zero attached hydrogens (tertiary/aromatic N) is 11. The van der Waals surface area contributed by atoms with Crippen LogP contribution in [0.25, 0.3) is 0 Å². The molecule has 4 aromatic rings. The maximum absolute atomic E-state index is 13.3. The van der Waals surface area contributed by atoms with E-state index in [-0.39, 0.29) is 123 Å².